The van der Waals surface area contributed by atoms with Gasteiger partial charge in [0.1, 0.15) is 0 Å². The Kier molecular flexibility index (Phi) is 8.39. The summed E-state index contributed by atoms with van der Waals surface area (Å²) in [4.78, 5) is 18.3. The van der Waals surface area contributed by atoms with Gasteiger partial charge in [0.05, 0.1) is 11.0 Å². The fourth-order valence-electron chi connectivity index (χ4n) is 3.77. The van der Waals surface area contributed by atoms with Crippen LogP contribution in [0.25, 0.3) is 11.0 Å². The first-order chi connectivity index (χ1) is 12.6. The van der Waals surface area contributed by atoms with Crippen molar-refractivity contribution in [2.24, 2.45) is 11.7 Å². The summed E-state index contributed by atoms with van der Waals surface area (Å²) in [5, 5.41) is 0. The van der Waals surface area contributed by atoms with Gasteiger partial charge in [0.25, 0.3) is 5.91 Å². The molecule has 2 N–H and O–H groups in total. The Labute approximate surface area is 180 Å². The first-order valence-corrected chi connectivity index (χ1v) is 9.23. The predicted octanol–water partition coefficient (Wildman–Crippen LogP) is 4.68. The Morgan fingerprint density at radius 1 is 1.17 bits per heavy atom. The van der Waals surface area contributed by atoms with Gasteiger partial charge in [0.2, 0.25) is 5.82 Å². The van der Waals surface area contributed by atoms with Crippen molar-refractivity contribution in [2.45, 2.75) is 51.9 Å². The summed E-state index contributed by atoms with van der Waals surface area (Å²) >= 11 is 0. The third kappa shape index (κ3) is 5.16. The molecule has 1 atom stereocenters. The maximum Gasteiger partial charge on any atom is 0.449 e. The number of amides is 1. The molecule has 0 spiro atoms. The molecular formula is C19H27Cl2F3N4O. The van der Waals surface area contributed by atoms with Gasteiger partial charge in [-0.1, -0.05) is 0 Å². The SMILES string of the molecule is CC(N)C1CCN(C(=O)c2ccc3c(c2)nc(C(F)(F)F)n3C(C)C)CC1.Cl.Cl. The molecule has 164 valence electrons. The van der Waals surface area contributed by atoms with E-state index in [2.05, 4.69) is 4.98 Å². The van der Waals surface area contributed by atoms with Crippen molar-refractivity contribution in [2.75, 3.05) is 13.1 Å². The zero-order chi connectivity index (χ0) is 19.9. The van der Waals surface area contributed by atoms with E-state index in [1.807, 2.05) is 6.92 Å². The van der Waals surface area contributed by atoms with E-state index < -0.39 is 18.0 Å². The molecule has 3 rings (SSSR count). The van der Waals surface area contributed by atoms with Gasteiger partial charge in [-0.3, -0.25) is 4.79 Å². The molecule has 0 bridgehead atoms. The van der Waals surface area contributed by atoms with Crippen LogP contribution in [0, 0.1) is 5.92 Å². The number of rotatable bonds is 3. The van der Waals surface area contributed by atoms with Gasteiger partial charge < -0.3 is 15.2 Å². The summed E-state index contributed by atoms with van der Waals surface area (Å²) in [5.74, 6) is -0.713. The number of aromatic nitrogens is 2. The maximum absolute atomic E-state index is 13.3. The number of piperidine rings is 1. The number of benzene rings is 1. The maximum atomic E-state index is 13.3. The number of hydrogen-bond acceptors (Lipinski definition) is 3. The van der Waals surface area contributed by atoms with E-state index in [-0.39, 0.29) is 42.3 Å². The molecule has 1 aliphatic rings. The highest BCUT2D eigenvalue weighted by atomic mass is 35.5. The van der Waals surface area contributed by atoms with Crippen molar-refractivity contribution in [1.29, 1.82) is 0 Å². The van der Waals surface area contributed by atoms with Crippen molar-refractivity contribution in [3.8, 4) is 0 Å². The predicted molar refractivity (Wildman–Crippen MR) is 112 cm³/mol. The minimum absolute atomic E-state index is 0. The van der Waals surface area contributed by atoms with E-state index in [1.54, 1.807) is 30.9 Å². The highest BCUT2D eigenvalue weighted by molar-refractivity contribution is 5.97. The van der Waals surface area contributed by atoms with Crippen LogP contribution in [0.5, 0.6) is 0 Å². The topological polar surface area (TPSA) is 64.2 Å². The van der Waals surface area contributed by atoms with Crippen LogP contribution in [0.15, 0.2) is 18.2 Å². The molecule has 10 heteroatoms. The number of fused-ring (bicyclic) bond motifs is 1. The fourth-order valence-corrected chi connectivity index (χ4v) is 3.77. The lowest BCUT2D eigenvalue weighted by Crippen LogP contribution is -2.42. The van der Waals surface area contributed by atoms with Crippen LogP contribution >= 0.6 is 24.8 Å². The Balaban J connectivity index is 0.00000210. The zero-order valence-electron chi connectivity index (χ0n) is 16.6. The molecule has 1 aromatic carbocycles. The second-order valence-corrected chi connectivity index (χ2v) is 7.59. The Morgan fingerprint density at radius 2 is 1.76 bits per heavy atom. The van der Waals surface area contributed by atoms with E-state index in [4.69, 9.17) is 5.73 Å². The van der Waals surface area contributed by atoms with E-state index in [0.717, 1.165) is 17.4 Å². The quantitative estimate of drug-likeness (QED) is 0.731. The van der Waals surface area contributed by atoms with Crippen molar-refractivity contribution < 1.29 is 18.0 Å². The van der Waals surface area contributed by atoms with Gasteiger partial charge in [-0.15, -0.1) is 24.8 Å². The lowest BCUT2D eigenvalue weighted by Gasteiger charge is -2.33. The Morgan fingerprint density at radius 3 is 2.24 bits per heavy atom. The van der Waals surface area contributed by atoms with Crippen molar-refractivity contribution in [3.05, 3.63) is 29.6 Å². The second kappa shape index (κ2) is 9.53. The average Bonchev–Trinajstić information content (AvgIpc) is 3.00. The molecule has 1 unspecified atom stereocenters. The second-order valence-electron chi connectivity index (χ2n) is 7.59. The number of imidazole rings is 1. The van der Waals surface area contributed by atoms with Gasteiger partial charge in [0.15, 0.2) is 0 Å². The molecule has 0 aliphatic carbocycles. The average molecular weight is 455 g/mol. The summed E-state index contributed by atoms with van der Waals surface area (Å²) < 4.78 is 41.2. The summed E-state index contributed by atoms with van der Waals surface area (Å²) in [7, 11) is 0. The van der Waals surface area contributed by atoms with Gasteiger partial charge in [-0.2, -0.15) is 13.2 Å². The Bertz CT molecular complexity index is 844. The highest BCUT2D eigenvalue weighted by Crippen LogP contribution is 2.34. The first kappa shape index (κ1) is 25.5. The molecule has 2 heterocycles. The van der Waals surface area contributed by atoms with Gasteiger partial charge in [-0.05, 0) is 57.7 Å². The summed E-state index contributed by atoms with van der Waals surface area (Å²) in [6.07, 6.45) is -2.87. The lowest BCUT2D eigenvalue weighted by molar-refractivity contribution is -0.147. The normalized spacial score (nSPS) is 16.5. The molecule has 1 aromatic heterocycles. The molecule has 5 nitrogen and oxygen atoms in total. The lowest BCUT2D eigenvalue weighted by atomic mass is 9.90. The Hall–Kier alpha value is -1.51. The fraction of sp³-hybridized carbons (Fsp3) is 0.579. The number of hydrogen-bond donors (Lipinski definition) is 1. The minimum atomic E-state index is -4.55. The van der Waals surface area contributed by atoms with Crippen LogP contribution in [-0.4, -0.2) is 39.5 Å². The molecular weight excluding hydrogens is 428 g/mol. The highest BCUT2D eigenvalue weighted by Gasteiger charge is 2.38. The molecule has 1 amide bonds. The van der Waals surface area contributed by atoms with E-state index in [9.17, 15) is 18.0 Å². The van der Waals surface area contributed by atoms with Crippen molar-refractivity contribution >= 4 is 41.8 Å². The smallest absolute Gasteiger partial charge is 0.339 e. The van der Waals surface area contributed by atoms with Crippen molar-refractivity contribution in [1.82, 2.24) is 14.5 Å². The number of halogens is 5. The number of alkyl halides is 3. The number of carbonyl (C=O) groups excluding carboxylic acids is 1. The third-order valence-electron chi connectivity index (χ3n) is 5.28. The molecule has 1 saturated heterocycles. The number of nitrogens with zero attached hydrogens (tertiary/aromatic N) is 3. The summed E-state index contributed by atoms with van der Waals surface area (Å²) in [6, 6.07) is 4.30. The number of carbonyl (C=O) groups is 1. The van der Waals surface area contributed by atoms with Gasteiger partial charge in [0, 0.05) is 30.7 Å². The largest absolute Gasteiger partial charge is 0.449 e. The molecule has 29 heavy (non-hydrogen) atoms. The third-order valence-corrected chi connectivity index (χ3v) is 5.28. The molecule has 1 fully saturated rings. The molecule has 2 aromatic rings. The molecule has 1 aliphatic heterocycles. The van der Waals surface area contributed by atoms with Crippen LogP contribution in [0.1, 0.15) is 55.8 Å². The van der Waals surface area contributed by atoms with Crippen LogP contribution in [0.2, 0.25) is 0 Å². The zero-order valence-corrected chi connectivity index (χ0v) is 18.2. The van der Waals surface area contributed by atoms with Crippen LogP contribution < -0.4 is 5.73 Å². The standard InChI is InChI=1S/C19H25F3N4O.2ClH/c1-11(2)26-16-5-4-14(10-15(16)24-18(26)19(20,21)22)17(27)25-8-6-13(7-9-25)12(3)23;;/h4-5,10-13H,6-9,23H2,1-3H3;2*1H. The van der Waals surface area contributed by atoms with Crippen LogP contribution in [0.3, 0.4) is 0 Å². The summed E-state index contributed by atoms with van der Waals surface area (Å²) in [5.41, 5.74) is 6.86. The van der Waals surface area contributed by atoms with Crippen molar-refractivity contribution in [3.63, 3.8) is 0 Å². The van der Waals surface area contributed by atoms with E-state index in [0.29, 0.717) is 30.1 Å². The monoisotopic (exact) mass is 454 g/mol. The summed E-state index contributed by atoms with van der Waals surface area (Å²) in [6.45, 7) is 6.55. The van der Waals surface area contributed by atoms with Crippen LogP contribution in [0.4, 0.5) is 13.2 Å². The van der Waals surface area contributed by atoms with Gasteiger partial charge in [-0.25, -0.2) is 4.98 Å². The minimum Gasteiger partial charge on any atom is -0.339 e. The van der Waals surface area contributed by atoms with E-state index >= 15 is 0 Å². The van der Waals surface area contributed by atoms with Crippen LogP contribution in [-0.2, 0) is 6.18 Å². The van der Waals surface area contributed by atoms with Gasteiger partial charge >= 0.3 is 6.18 Å². The number of likely N-dealkylation sites (tertiary alicyclic amines) is 1. The molecule has 0 radical (unpaired) electrons. The molecule has 0 saturated carbocycles. The first-order valence-electron chi connectivity index (χ1n) is 9.23. The number of nitrogens with two attached hydrogens (primary N) is 1. The van der Waals surface area contributed by atoms with E-state index in [1.165, 1.54) is 6.07 Å².